The Balaban J connectivity index is 1.44. The van der Waals surface area contributed by atoms with Gasteiger partial charge in [-0.1, -0.05) is 39.0 Å². The van der Waals surface area contributed by atoms with E-state index in [1.54, 1.807) is 42.2 Å². The molecule has 4 N–H and O–H groups in total. The molecule has 0 aromatic heterocycles. The predicted octanol–water partition coefficient (Wildman–Crippen LogP) is 4.07. The molecule has 9 atom stereocenters. The number of nitrogens with zero attached hydrogens (tertiary/aromatic N) is 2. The van der Waals surface area contributed by atoms with Crippen LogP contribution in [0.15, 0.2) is 36.0 Å². The van der Waals surface area contributed by atoms with Crippen LogP contribution in [-0.4, -0.2) is 117 Å². The minimum absolute atomic E-state index is 0.0119. The van der Waals surface area contributed by atoms with E-state index in [2.05, 4.69) is 4.90 Å². The molecule has 11 nitrogen and oxygen atoms in total. The highest BCUT2D eigenvalue weighted by atomic mass is 16.6. The average Bonchev–Trinajstić information content (AvgIpc) is 3.97. The Labute approximate surface area is 292 Å². The molecule has 49 heavy (non-hydrogen) atoms. The van der Waals surface area contributed by atoms with Crippen molar-refractivity contribution in [1.29, 1.82) is 0 Å². The van der Waals surface area contributed by atoms with Gasteiger partial charge in [-0.2, -0.15) is 0 Å². The zero-order chi connectivity index (χ0) is 35.9. The molecule has 3 fully saturated rings. The van der Waals surface area contributed by atoms with Crippen LogP contribution in [0.5, 0.6) is 0 Å². The number of allylic oxidation sites excluding steroid dienone is 2. The van der Waals surface area contributed by atoms with E-state index < -0.39 is 48.0 Å². The van der Waals surface area contributed by atoms with E-state index in [4.69, 9.17) is 19.3 Å². The molecular formula is C38H61N2O9+. The Morgan fingerprint density at radius 2 is 1.96 bits per heavy atom. The number of aliphatic hydroxyl groups is 2. The van der Waals surface area contributed by atoms with Crippen molar-refractivity contribution < 1.29 is 43.9 Å². The van der Waals surface area contributed by atoms with Gasteiger partial charge in [0.05, 0.1) is 24.7 Å². The third-order valence-electron chi connectivity index (χ3n) is 10.5. The normalized spacial score (nSPS) is 34.2. The van der Waals surface area contributed by atoms with Crippen molar-refractivity contribution in [3.8, 4) is 0 Å². The summed E-state index contributed by atoms with van der Waals surface area (Å²) < 4.78 is 17.6. The maximum absolute atomic E-state index is 13.4. The number of cyclic esters (lactones) is 1. The molecule has 11 heteroatoms. The zero-order valence-electron chi connectivity index (χ0n) is 30.4. The van der Waals surface area contributed by atoms with Gasteiger partial charge >= 0.3 is 12.1 Å². The number of ketones is 1. The number of carbonyl (C=O) groups is 3. The summed E-state index contributed by atoms with van der Waals surface area (Å²) in [6.45, 7) is 14.9. The van der Waals surface area contributed by atoms with Crippen molar-refractivity contribution in [2.45, 2.75) is 135 Å². The fourth-order valence-electron chi connectivity index (χ4n) is 6.88. The van der Waals surface area contributed by atoms with Crippen LogP contribution in [0.2, 0.25) is 0 Å². The third-order valence-corrected chi connectivity index (χ3v) is 10.5. The van der Waals surface area contributed by atoms with E-state index in [9.17, 15) is 24.6 Å². The standard InChI is InChI=1S/C38H60N2O9/c1-7-30(42)27(4)35-31(47-35)23-37(5,45)16-8-10-25(2)34-26(3)11-14-32(38(6,46)17-15-29(41)22-33(43)49-34)48-36(44)40-19-9-18-39(20-21-40)24-28-12-13-28/h8,10-11,14,16,26-28,30-32,34-35,42,45-46H,7,9,12-13,15,17-24H2,1-6H3/p+1/b14-11+,16-8+,25-10+. The Morgan fingerprint density at radius 3 is 2.65 bits per heavy atom. The minimum Gasteiger partial charge on any atom is -0.457 e. The van der Waals surface area contributed by atoms with Gasteiger partial charge in [-0.05, 0) is 76.1 Å². The summed E-state index contributed by atoms with van der Waals surface area (Å²) in [4.78, 5) is 43.1. The highest BCUT2D eigenvalue weighted by Crippen LogP contribution is 2.37. The number of epoxide rings is 1. The number of aliphatic hydroxyl groups excluding tert-OH is 1. The molecule has 0 bridgehead atoms. The molecular weight excluding hydrogens is 628 g/mol. The van der Waals surface area contributed by atoms with Crippen LogP contribution >= 0.6 is 0 Å². The summed E-state index contributed by atoms with van der Waals surface area (Å²) in [5.41, 5.74) is -1.74. The first-order chi connectivity index (χ1) is 23.1. The van der Waals surface area contributed by atoms with Crippen molar-refractivity contribution in [3.63, 3.8) is 0 Å². The maximum atomic E-state index is 13.4. The molecule has 1 saturated carbocycles. The van der Waals surface area contributed by atoms with Gasteiger partial charge in [0, 0.05) is 51.4 Å². The van der Waals surface area contributed by atoms with Gasteiger partial charge < -0.3 is 39.3 Å². The van der Waals surface area contributed by atoms with Crippen LogP contribution in [0, 0.1) is 17.8 Å². The summed E-state index contributed by atoms with van der Waals surface area (Å²) >= 11 is 0. The number of Topliss-reactive ketones (excluding diaryl/α,β-unsaturated/α-hetero) is 1. The first-order valence-corrected chi connectivity index (χ1v) is 18.3. The molecule has 0 radical (unpaired) electrons. The molecule has 4 aliphatic rings. The molecule has 1 amide bonds. The Bertz CT molecular complexity index is 1240. The minimum atomic E-state index is -1.53. The fraction of sp³-hybridized carbons (Fsp3) is 0.763. The fourth-order valence-corrected chi connectivity index (χ4v) is 6.88. The van der Waals surface area contributed by atoms with Gasteiger partial charge in [0.1, 0.15) is 23.9 Å². The van der Waals surface area contributed by atoms with Crippen molar-refractivity contribution >= 4 is 17.8 Å². The van der Waals surface area contributed by atoms with E-state index in [0.717, 1.165) is 32.0 Å². The summed E-state index contributed by atoms with van der Waals surface area (Å²) in [7, 11) is 0. The lowest BCUT2D eigenvalue weighted by atomic mass is 9.89. The zero-order valence-corrected chi connectivity index (χ0v) is 30.4. The number of esters is 1. The lowest BCUT2D eigenvalue weighted by Crippen LogP contribution is -2.45. The van der Waals surface area contributed by atoms with Gasteiger partial charge in [-0.25, -0.2) is 4.79 Å². The van der Waals surface area contributed by atoms with E-state index >= 15 is 0 Å². The summed E-state index contributed by atoms with van der Waals surface area (Å²) in [6.07, 6.45) is 10.1. The predicted molar refractivity (Wildman–Crippen MR) is 187 cm³/mol. The smallest absolute Gasteiger partial charge is 0.410 e. The van der Waals surface area contributed by atoms with Crippen LogP contribution in [0.4, 0.5) is 4.79 Å². The second-order valence-electron chi connectivity index (χ2n) is 15.5. The van der Waals surface area contributed by atoms with E-state index in [1.807, 2.05) is 34.6 Å². The van der Waals surface area contributed by atoms with Gasteiger partial charge in [-0.15, -0.1) is 0 Å². The first-order valence-electron chi connectivity index (χ1n) is 18.3. The molecule has 1 aliphatic carbocycles. The van der Waals surface area contributed by atoms with Crippen LogP contribution in [0.1, 0.15) is 92.9 Å². The van der Waals surface area contributed by atoms with Crippen LogP contribution in [-0.2, 0) is 23.8 Å². The first kappa shape index (κ1) is 39.2. The van der Waals surface area contributed by atoms with Crippen LogP contribution in [0.25, 0.3) is 0 Å². The monoisotopic (exact) mass is 689 g/mol. The number of ether oxygens (including phenoxy) is 3. The highest BCUT2D eigenvalue weighted by molar-refractivity contribution is 5.95. The molecule has 3 aliphatic heterocycles. The molecule has 3 heterocycles. The number of hydrogen-bond acceptors (Lipinski definition) is 9. The highest BCUT2D eigenvalue weighted by Gasteiger charge is 2.48. The topological polar surface area (TPSA) is 152 Å². The molecule has 276 valence electrons. The van der Waals surface area contributed by atoms with Crippen molar-refractivity contribution in [2.24, 2.45) is 17.8 Å². The van der Waals surface area contributed by atoms with Crippen molar-refractivity contribution in [2.75, 3.05) is 32.7 Å². The van der Waals surface area contributed by atoms with Gasteiger partial charge in [0.25, 0.3) is 0 Å². The quantitative estimate of drug-likeness (QED) is 0.0817. The van der Waals surface area contributed by atoms with Gasteiger partial charge in [0.2, 0.25) is 0 Å². The lowest BCUT2D eigenvalue weighted by molar-refractivity contribution is -0.151. The third kappa shape index (κ3) is 12.0. The van der Waals surface area contributed by atoms with Crippen molar-refractivity contribution in [1.82, 2.24) is 9.80 Å². The summed E-state index contributed by atoms with van der Waals surface area (Å²) in [5.74, 6) is -0.594. The second kappa shape index (κ2) is 17.1. The number of carbonyl (C=O) groups excluding carboxylic acids is 3. The molecule has 0 aromatic carbocycles. The number of hydrogen-bond donors (Lipinski definition) is 2. The van der Waals surface area contributed by atoms with E-state index in [1.165, 1.54) is 12.8 Å². The summed E-state index contributed by atoms with van der Waals surface area (Å²) in [6, 6.07) is 0. The second-order valence-corrected chi connectivity index (χ2v) is 15.5. The van der Waals surface area contributed by atoms with Crippen LogP contribution < -0.4 is 0 Å². The number of amides is 1. The van der Waals surface area contributed by atoms with Gasteiger partial charge in [0.15, 0.2) is 11.7 Å². The summed E-state index contributed by atoms with van der Waals surface area (Å²) in [5, 5.41) is 30.4. The van der Waals surface area contributed by atoms with E-state index in [-0.39, 0.29) is 42.7 Å². The van der Waals surface area contributed by atoms with E-state index in [0.29, 0.717) is 31.5 Å². The number of rotatable bonds is 11. The molecule has 9 unspecified atom stereocenters. The largest absolute Gasteiger partial charge is 0.457 e. The van der Waals surface area contributed by atoms with Crippen molar-refractivity contribution in [3.05, 3.63) is 36.0 Å². The molecule has 2 saturated heterocycles. The molecule has 0 spiro atoms. The lowest BCUT2D eigenvalue weighted by Gasteiger charge is -2.33. The SMILES string of the molecule is CCC(O)C(C)C1OC1CC(C)([OH2+])/C=C/C=C(\C)C1OC(=O)CC(=O)CCC(C)(O)C(OC(=O)N2CCCN(CC3CC3)CC2)/C=C/C1C. The van der Waals surface area contributed by atoms with Crippen LogP contribution in [0.3, 0.4) is 0 Å². The average molecular weight is 690 g/mol. The molecule has 0 aromatic rings. The molecule has 4 rings (SSSR count). The van der Waals surface area contributed by atoms with Gasteiger partial charge in [-0.3, -0.25) is 9.59 Å². The Morgan fingerprint density at radius 1 is 1.22 bits per heavy atom. The Hall–Kier alpha value is -2.57. The maximum Gasteiger partial charge on any atom is 0.410 e. The Kier molecular flexibility index (Phi) is 13.7.